The normalized spacial score (nSPS) is 11.5. The molecule has 136 valence electrons. The lowest BCUT2D eigenvalue weighted by molar-refractivity contribution is 0.102. The molecule has 26 heavy (non-hydrogen) atoms. The van der Waals surface area contributed by atoms with Crippen LogP contribution >= 0.6 is 0 Å². The van der Waals surface area contributed by atoms with Gasteiger partial charge in [-0.05, 0) is 12.1 Å². The molecule has 3 aromatic rings. The van der Waals surface area contributed by atoms with Crippen molar-refractivity contribution in [2.75, 3.05) is 5.32 Å². The fraction of sp³-hybridized carbons (Fsp3) is 0.294. The van der Waals surface area contributed by atoms with Crippen LogP contribution in [0.15, 0.2) is 49.2 Å². The van der Waals surface area contributed by atoms with Gasteiger partial charge in [0.1, 0.15) is 11.3 Å². The van der Waals surface area contributed by atoms with Crippen molar-refractivity contribution < 1.29 is 13.7 Å². The highest BCUT2D eigenvalue weighted by atomic mass is 16.5. The molecule has 0 bridgehead atoms. The van der Waals surface area contributed by atoms with Gasteiger partial charge in [-0.1, -0.05) is 25.9 Å². The summed E-state index contributed by atoms with van der Waals surface area (Å²) in [7, 11) is 0. The second-order valence-corrected chi connectivity index (χ2v) is 6.76. The summed E-state index contributed by atoms with van der Waals surface area (Å²) >= 11 is 0. The van der Waals surface area contributed by atoms with Crippen molar-refractivity contribution in [3.8, 4) is 0 Å². The molecule has 1 amide bonds. The number of rotatable bonds is 4. The molecular formula is C17H18N4O5. The Morgan fingerprint density at radius 1 is 1.35 bits per heavy atom. The van der Waals surface area contributed by atoms with Crippen LogP contribution in [-0.4, -0.2) is 20.6 Å². The van der Waals surface area contributed by atoms with E-state index in [0.717, 1.165) is 10.8 Å². The molecule has 0 aromatic carbocycles. The zero-order chi connectivity index (χ0) is 18.9. The van der Waals surface area contributed by atoms with Gasteiger partial charge in [0, 0.05) is 17.7 Å². The third-order valence-electron chi connectivity index (χ3n) is 3.71. The van der Waals surface area contributed by atoms with Crippen molar-refractivity contribution in [1.29, 1.82) is 0 Å². The molecular weight excluding hydrogens is 340 g/mol. The highest BCUT2D eigenvalue weighted by molar-refractivity contribution is 6.03. The number of aromatic nitrogens is 3. The van der Waals surface area contributed by atoms with E-state index >= 15 is 0 Å². The molecule has 0 unspecified atom stereocenters. The van der Waals surface area contributed by atoms with Gasteiger partial charge < -0.3 is 13.9 Å². The first-order chi connectivity index (χ1) is 12.3. The lowest BCUT2D eigenvalue weighted by atomic mass is 9.92. The molecule has 3 aromatic heterocycles. The first-order valence-corrected chi connectivity index (χ1v) is 7.89. The van der Waals surface area contributed by atoms with Crippen molar-refractivity contribution in [3.63, 3.8) is 0 Å². The highest BCUT2D eigenvalue weighted by Crippen LogP contribution is 2.23. The van der Waals surface area contributed by atoms with Gasteiger partial charge in [-0.2, -0.15) is 0 Å². The standard InChI is InChI=1S/C17H18N4O5/c1-17(2,3)12-7-13(26-20-12)19-14(22)11-8-18-16(24)21(15(11)23)9-10-5-4-6-25-10/h4-8H,9H2,1-3H3,(H,18,24)(H,19,22). The second-order valence-electron chi connectivity index (χ2n) is 6.76. The molecule has 9 heteroatoms. The lowest BCUT2D eigenvalue weighted by Gasteiger charge is -2.12. The number of H-pyrrole nitrogens is 1. The zero-order valence-corrected chi connectivity index (χ0v) is 14.5. The van der Waals surface area contributed by atoms with Crippen molar-refractivity contribution in [2.24, 2.45) is 0 Å². The maximum absolute atomic E-state index is 12.5. The molecule has 0 saturated heterocycles. The van der Waals surface area contributed by atoms with Gasteiger partial charge >= 0.3 is 5.69 Å². The van der Waals surface area contributed by atoms with Crippen LogP contribution in [0, 0.1) is 0 Å². The number of carbonyl (C=O) groups is 1. The minimum Gasteiger partial charge on any atom is -0.467 e. The number of nitrogens with zero attached hydrogens (tertiary/aromatic N) is 2. The molecule has 3 rings (SSSR count). The number of anilines is 1. The van der Waals surface area contributed by atoms with E-state index in [-0.39, 0.29) is 23.4 Å². The molecule has 3 heterocycles. The van der Waals surface area contributed by atoms with Crippen LogP contribution < -0.4 is 16.6 Å². The summed E-state index contributed by atoms with van der Waals surface area (Å²) in [6, 6.07) is 4.86. The van der Waals surface area contributed by atoms with Gasteiger partial charge in [0.25, 0.3) is 11.5 Å². The van der Waals surface area contributed by atoms with Crippen molar-refractivity contribution >= 4 is 11.8 Å². The minimum atomic E-state index is -0.738. The Hall–Kier alpha value is -3.36. The average Bonchev–Trinajstić information content (AvgIpc) is 3.22. The van der Waals surface area contributed by atoms with E-state index in [1.165, 1.54) is 6.26 Å². The van der Waals surface area contributed by atoms with Gasteiger partial charge in [0.05, 0.1) is 18.5 Å². The summed E-state index contributed by atoms with van der Waals surface area (Å²) in [4.78, 5) is 39.2. The SMILES string of the molecule is CC(C)(C)c1cc(NC(=O)c2c[nH]c(=O)n(Cc3ccco3)c2=O)on1. The number of nitrogens with one attached hydrogen (secondary N) is 2. The predicted octanol–water partition coefficient (Wildman–Crippen LogP) is 1.72. The molecule has 0 saturated carbocycles. The number of amides is 1. The Balaban J connectivity index is 1.87. The van der Waals surface area contributed by atoms with Gasteiger partial charge in [-0.25, -0.2) is 4.79 Å². The monoisotopic (exact) mass is 358 g/mol. The van der Waals surface area contributed by atoms with E-state index in [2.05, 4.69) is 15.5 Å². The molecule has 0 aliphatic carbocycles. The van der Waals surface area contributed by atoms with Crippen molar-refractivity contribution in [3.05, 3.63) is 68.5 Å². The Morgan fingerprint density at radius 2 is 2.12 bits per heavy atom. The largest absolute Gasteiger partial charge is 0.467 e. The van der Waals surface area contributed by atoms with Gasteiger partial charge in [0.15, 0.2) is 0 Å². The van der Waals surface area contributed by atoms with E-state index < -0.39 is 17.2 Å². The van der Waals surface area contributed by atoms with E-state index in [9.17, 15) is 14.4 Å². The van der Waals surface area contributed by atoms with E-state index in [4.69, 9.17) is 8.94 Å². The maximum atomic E-state index is 12.5. The molecule has 0 radical (unpaired) electrons. The van der Waals surface area contributed by atoms with E-state index in [0.29, 0.717) is 11.5 Å². The Kier molecular flexibility index (Phi) is 4.37. The highest BCUT2D eigenvalue weighted by Gasteiger charge is 2.21. The quantitative estimate of drug-likeness (QED) is 0.732. The van der Waals surface area contributed by atoms with Gasteiger partial charge in [-0.15, -0.1) is 0 Å². The summed E-state index contributed by atoms with van der Waals surface area (Å²) in [6.45, 7) is 5.77. The Labute approximate surface area is 147 Å². The van der Waals surface area contributed by atoms with Crippen molar-refractivity contribution in [1.82, 2.24) is 14.7 Å². The molecule has 2 N–H and O–H groups in total. The summed E-state index contributed by atoms with van der Waals surface area (Å²) in [5.74, 6) is -0.181. The summed E-state index contributed by atoms with van der Waals surface area (Å²) in [6.07, 6.45) is 2.50. The van der Waals surface area contributed by atoms with Crippen LogP contribution in [0.1, 0.15) is 42.6 Å². The molecule has 0 spiro atoms. The Morgan fingerprint density at radius 3 is 2.73 bits per heavy atom. The Bertz CT molecular complexity index is 1030. The van der Waals surface area contributed by atoms with Crippen LogP contribution in [0.25, 0.3) is 0 Å². The molecule has 0 fully saturated rings. The van der Waals surface area contributed by atoms with Gasteiger partial charge in [0.2, 0.25) is 5.88 Å². The molecule has 0 atom stereocenters. The molecule has 9 nitrogen and oxygen atoms in total. The van der Waals surface area contributed by atoms with Crippen LogP contribution in [-0.2, 0) is 12.0 Å². The van der Waals surface area contributed by atoms with Crippen LogP contribution in [0.2, 0.25) is 0 Å². The fourth-order valence-corrected chi connectivity index (χ4v) is 2.24. The minimum absolute atomic E-state index is 0.0846. The predicted molar refractivity (Wildman–Crippen MR) is 92.3 cm³/mol. The number of hydrogen-bond donors (Lipinski definition) is 2. The summed E-state index contributed by atoms with van der Waals surface area (Å²) in [5.41, 5.74) is -1.20. The fourth-order valence-electron chi connectivity index (χ4n) is 2.24. The van der Waals surface area contributed by atoms with E-state index in [1.807, 2.05) is 20.8 Å². The lowest BCUT2D eigenvalue weighted by Crippen LogP contribution is -2.39. The van der Waals surface area contributed by atoms with Gasteiger partial charge in [-0.3, -0.25) is 19.5 Å². The number of aromatic amines is 1. The topological polar surface area (TPSA) is 123 Å². The summed E-state index contributed by atoms with van der Waals surface area (Å²) < 4.78 is 11.1. The second kappa shape index (κ2) is 6.51. The smallest absolute Gasteiger partial charge is 0.328 e. The number of carbonyl (C=O) groups excluding carboxylic acids is 1. The van der Waals surface area contributed by atoms with E-state index in [1.54, 1.807) is 18.2 Å². The first kappa shape index (κ1) is 17.5. The molecule has 0 aliphatic rings. The maximum Gasteiger partial charge on any atom is 0.328 e. The number of furan rings is 1. The summed E-state index contributed by atoms with van der Waals surface area (Å²) in [5, 5.41) is 6.37. The first-order valence-electron chi connectivity index (χ1n) is 7.89. The average molecular weight is 358 g/mol. The molecule has 0 aliphatic heterocycles. The third kappa shape index (κ3) is 3.51. The van der Waals surface area contributed by atoms with Crippen LogP contribution in [0.5, 0.6) is 0 Å². The van der Waals surface area contributed by atoms with Crippen LogP contribution in [0.3, 0.4) is 0 Å². The van der Waals surface area contributed by atoms with Crippen molar-refractivity contribution in [2.45, 2.75) is 32.7 Å². The number of hydrogen-bond acceptors (Lipinski definition) is 6. The zero-order valence-electron chi connectivity index (χ0n) is 14.5. The third-order valence-corrected chi connectivity index (χ3v) is 3.71. The van der Waals surface area contributed by atoms with Crippen LogP contribution in [0.4, 0.5) is 5.88 Å².